The Kier molecular flexibility index (Phi) is 5.94. The topological polar surface area (TPSA) is 39.7 Å². The fourth-order valence-electron chi connectivity index (χ4n) is 2.23. The second kappa shape index (κ2) is 7.72. The summed E-state index contributed by atoms with van der Waals surface area (Å²) in [4.78, 5) is 1.20. The van der Waals surface area contributed by atoms with Gasteiger partial charge in [-0.05, 0) is 25.1 Å². The van der Waals surface area contributed by atoms with E-state index >= 15 is 0 Å². The van der Waals surface area contributed by atoms with Crippen molar-refractivity contribution in [1.82, 2.24) is 5.32 Å². The monoisotopic (exact) mass is 341 g/mol. The summed E-state index contributed by atoms with van der Waals surface area (Å²) in [5.74, 6) is 1.95. The lowest BCUT2D eigenvalue weighted by Crippen LogP contribution is -2.17. The van der Waals surface area contributed by atoms with Crippen LogP contribution in [0.1, 0.15) is 23.4 Å². The molecule has 1 N–H and O–H groups in total. The molecule has 4 nitrogen and oxygen atoms in total. The Morgan fingerprint density at radius 3 is 2.32 bits per heavy atom. The normalized spacial score (nSPS) is 12.0. The fraction of sp³-hybridized carbons (Fsp3) is 0.375. The van der Waals surface area contributed by atoms with E-state index in [1.165, 1.54) is 4.88 Å². The Morgan fingerprint density at radius 1 is 1.05 bits per heavy atom. The standard InChI is InChI=1S/C16H20ClNO3S/c1-10(13-7-8-14(17)22-13)18-9-11-5-6-12(19-2)16(21-4)15(11)20-3/h5-8,10,18H,9H2,1-4H3. The van der Waals surface area contributed by atoms with Crippen LogP contribution < -0.4 is 19.5 Å². The molecule has 0 amide bonds. The van der Waals surface area contributed by atoms with Crippen LogP contribution >= 0.6 is 22.9 Å². The van der Waals surface area contributed by atoms with Gasteiger partial charge >= 0.3 is 0 Å². The van der Waals surface area contributed by atoms with Crippen LogP contribution in [0.25, 0.3) is 0 Å². The molecular weight excluding hydrogens is 322 g/mol. The number of thiophene rings is 1. The van der Waals surface area contributed by atoms with E-state index in [0.717, 1.165) is 9.90 Å². The molecule has 0 radical (unpaired) electrons. The van der Waals surface area contributed by atoms with Crippen LogP contribution in [0.2, 0.25) is 4.34 Å². The first kappa shape index (κ1) is 16.9. The van der Waals surface area contributed by atoms with Crippen LogP contribution in [0.15, 0.2) is 24.3 Å². The van der Waals surface area contributed by atoms with Crippen LogP contribution in [-0.4, -0.2) is 21.3 Å². The Balaban J connectivity index is 2.15. The Labute approximate surface area is 140 Å². The highest BCUT2D eigenvalue weighted by Crippen LogP contribution is 2.40. The lowest BCUT2D eigenvalue weighted by molar-refractivity contribution is 0.321. The van der Waals surface area contributed by atoms with Crippen LogP contribution in [0, 0.1) is 0 Å². The summed E-state index contributed by atoms with van der Waals surface area (Å²) in [5.41, 5.74) is 1.01. The van der Waals surface area contributed by atoms with Gasteiger partial charge in [-0.25, -0.2) is 0 Å². The van der Waals surface area contributed by atoms with E-state index in [0.29, 0.717) is 23.8 Å². The van der Waals surface area contributed by atoms with E-state index in [4.69, 9.17) is 25.8 Å². The number of rotatable bonds is 7. The van der Waals surface area contributed by atoms with Crippen molar-refractivity contribution < 1.29 is 14.2 Å². The largest absolute Gasteiger partial charge is 0.493 e. The molecule has 0 spiro atoms. The van der Waals surface area contributed by atoms with Crippen molar-refractivity contribution in [2.24, 2.45) is 0 Å². The van der Waals surface area contributed by atoms with E-state index in [2.05, 4.69) is 12.2 Å². The molecule has 22 heavy (non-hydrogen) atoms. The molecular formula is C16H20ClNO3S. The molecule has 1 aromatic heterocycles. The van der Waals surface area contributed by atoms with Gasteiger partial charge in [-0.3, -0.25) is 0 Å². The first-order valence-electron chi connectivity index (χ1n) is 6.87. The SMILES string of the molecule is COc1ccc(CNC(C)c2ccc(Cl)s2)c(OC)c1OC. The van der Waals surface area contributed by atoms with Crippen molar-refractivity contribution in [2.45, 2.75) is 19.5 Å². The van der Waals surface area contributed by atoms with E-state index in [-0.39, 0.29) is 6.04 Å². The van der Waals surface area contributed by atoms with E-state index in [1.54, 1.807) is 32.7 Å². The average Bonchev–Trinajstić information content (AvgIpc) is 2.97. The zero-order valence-electron chi connectivity index (χ0n) is 13.1. The average molecular weight is 342 g/mol. The van der Waals surface area contributed by atoms with Crippen molar-refractivity contribution in [3.05, 3.63) is 39.0 Å². The van der Waals surface area contributed by atoms with E-state index < -0.39 is 0 Å². The molecule has 0 saturated heterocycles. The molecule has 1 aromatic carbocycles. The summed E-state index contributed by atoms with van der Waals surface area (Å²) in [6.07, 6.45) is 0. The lowest BCUT2D eigenvalue weighted by Gasteiger charge is -2.18. The number of halogens is 1. The van der Waals surface area contributed by atoms with E-state index in [9.17, 15) is 0 Å². The first-order chi connectivity index (χ1) is 10.6. The first-order valence-corrected chi connectivity index (χ1v) is 8.06. The van der Waals surface area contributed by atoms with Gasteiger partial charge in [-0.15, -0.1) is 11.3 Å². The van der Waals surface area contributed by atoms with Crippen molar-refractivity contribution in [2.75, 3.05) is 21.3 Å². The molecule has 1 atom stereocenters. The highest BCUT2D eigenvalue weighted by atomic mass is 35.5. The highest BCUT2D eigenvalue weighted by molar-refractivity contribution is 7.16. The van der Waals surface area contributed by atoms with Crippen LogP contribution in [0.5, 0.6) is 17.2 Å². The van der Waals surface area contributed by atoms with Crippen LogP contribution in [0.3, 0.4) is 0 Å². The molecule has 0 bridgehead atoms. The van der Waals surface area contributed by atoms with Crippen molar-refractivity contribution in [3.63, 3.8) is 0 Å². The van der Waals surface area contributed by atoms with Gasteiger partial charge < -0.3 is 19.5 Å². The second-order valence-electron chi connectivity index (χ2n) is 4.74. The molecule has 6 heteroatoms. The third-order valence-corrected chi connectivity index (χ3v) is 4.82. The van der Waals surface area contributed by atoms with Crippen LogP contribution in [-0.2, 0) is 6.54 Å². The minimum absolute atomic E-state index is 0.204. The van der Waals surface area contributed by atoms with Crippen LogP contribution in [0.4, 0.5) is 0 Å². The van der Waals surface area contributed by atoms with Gasteiger partial charge in [0.25, 0.3) is 0 Å². The minimum atomic E-state index is 0.204. The molecule has 0 aliphatic heterocycles. The fourth-order valence-corrected chi connectivity index (χ4v) is 3.31. The highest BCUT2D eigenvalue weighted by Gasteiger charge is 2.16. The zero-order valence-corrected chi connectivity index (χ0v) is 14.7. The maximum Gasteiger partial charge on any atom is 0.203 e. The summed E-state index contributed by atoms with van der Waals surface area (Å²) in [6, 6.07) is 8.01. The Hall–Kier alpha value is -1.43. The summed E-state index contributed by atoms with van der Waals surface area (Å²) < 4.78 is 17.0. The Morgan fingerprint density at radius 2 is 1.77 bits per heavy atom. The van der Waals surface area contributed by atoms with E-state index in [1.807, 2.05) is 24.3 Å². The van der Waals surface area contributed by atoms with Crippen molar-refractivity contribution >= 4 is 22.9 Å². The molecule has 0 fully saturated rings. The Bertz CT molecular complexity index is 630. The van der Waals surface area contributed by atoms with Gasteiger partial charge in [0.1, 0.15) is 0 Å². The van der Waals surface area contributed by atoms with Crippen molar-refractivity contribution in [1.29, 1.82) is 0 Å². The smallest absolute Gasteiger partial charge is 0.203 e. The quantitative estimate of drug-likeness (QED) is 0.816. The molecule has 1 heterocycles. The van der Waals surface area contributed by atoms with Gasteiger partial charge in [-0.2, -0.15) is 0 Å². The van der Waals surface area contributed by atoms with Gasteiger partial charge in [-0.1, -0.05) is 17.7 Å². The number of methoxy groups -OCH3 is 3. The second-order valence-corrected chi connectivity index (χ2v) is 6.48. The van der Waals surface area contributed by atoms with Gasteiger partial charge in [0.05, 0.1) is 25.7 Å². The molecule has 1 unspecified atom stereocenters. The third kappa shape index (κ3) is 3.66. The summed E-state index contributed by atoms with van der Waals surface area (Å²) in [7, 11) is 4.84. The molecule has 2 aromatic rings. The molecule has 0 saturated carbocycles. The maximum absolute atomic E-state index is 5.98. The number of benzene rings is 1. The predicted octanol–water partition coefficient (Wildman–Crippen LogP) is 4.28. The lowest BCUT2D eigenvalue weighted by atomic mass is 10.1. The third-order valence-electron chi connectivity index (χ3n) is 3.41. The maximum atomic E-state index is 5.98. The molecule has 0 aliphatic rings. The molecule has 120 valence electrons. The number of hydrogen-bond donors (Lipinski definition) is 1. The van der Waals surface area contributed by atoms with Crippen molar-refractivity contribution in [3.8, 4) is 17.2 Å². The van der Waals surface area contributed by atoms with Gasteiger partial charge in [0.15, 0.2) is 11.5 Å². The minimum Gasteiger partial charge on any atom is -0.493 e. The molecule has 2 rings (SSSR count). The predicted molar refractivity (Wildman–Crippen MR) is 90.7 cm³/mol. The number of nitrogens with one attached hydrogen (secondary N) is 1. The van der Waals surface area contributed by atoms with Gasteiger partial charge in [0, 0.05) is 23.0 Å². The van der Waals surface area contributed by atoms with Gasteiger partial charge in [0.2, 0.25) is 5.75 Å². The number of ether oxygens (including phenoxy) is 3. The zero-order chi connectivity index (χ0) is 16.1. The summed E-state index contributed by atoms with van der Waals surface area (Å²) >= 11 is 7.56. The summed E-state index contributed by atoms with van der Waals surface area (Å²) in [6.45, 7) is 2.76. The summed E-state index contributed by atoms with van der Waals surface area (Å²) in [5, 5.41) is 3.47. The number of hydrogen-bond acceptors (Lipinski definition) is 5. The molecule has 0 aliphatic carbocycles.